The molecule has 2 aromatic rings. The number of nitrogens with one attached hydrogen (secondary N) is 1. The van der Waals surface area contributed by atoms with Crippen molar-refractivity contribution in [3.8, 4) is 0 Å². The summed E-state index contributed by atoms with van der Waals surface area (Å²) >= 11 is 0. The molecule has 0 bridgehead atoms. The van der Waals surface area contributed by atoms with Crippen LogP contribution in [0, 0.1) is 19.8 Å². The van der Waals surface area contributed by atoms with Crippen LogP contribution in [0.1, 0.15) is 43.9 Å². The lowest BCUT2D eigenvalue weighted by Gasteiger charge is -2.38. The zero-order chi connectivity index (χ0) is 25.3. The Morgan fingerprint density at radius 2 is 1.83 bits per heavy atom. The minimum atomic E-state index is -4.23. The molecule has 0 aromatic carbocycles. The van der Waals surface area contributed by atoms with Crippen molar-refractivity contribution in [3.05, 3.63) is 35.5 Å². The summed E-state index contributed by atoms with van der Waals surface area (Å²) in [5, 5.41) is 2.91. The van der Waals surface area contributed by atoms with E-state index in [4.69, 9.17) is 4.98 Å². The highest BCUT2D eigenvalue weighted by molar-refractivity contribution is 6.03. The second kappa shape index (κ2) is 9.91. The predicted molar refractivity (Wildman–Crippen MR) is 132 cm³/mol. The van der Waals surface area contributed by atoms with Gasteiger partial charge in [0.1, 0.15) is 11.6 Å². The molecule has 7 nitrogen and oxygen atoms in total. The number of amides is 2. The van der Waals surface area contributed by atoms with Gasteiger partial charge in [-0.2, -0.15) is 13.2 Å². The molecule has 2 aromatic heterocycles. The molecular weight excluding hydrogens is 457 g/mol. The van der Waals surface area contributed by atoms with Gasteiger partial charge in [-0.25, -0.2) is 14.8 Å². The quantitative estimate of drug-likeness (QED) is 0.600. The average molecular weight is 491 g/mol. The topological polar surface area (TPSA) is 64.6 Å². The number of urea groups is 1. The number of aryl methyl sites for hydroxylation is 2. The highest BCUT2D eigenvalue weighted by Crippen LogP contribution is 2.37. The van der Waals surface area contributed by atoms with Gasteiger partial charge in [-0.15, -0.1) is 0 Å². The van der Waals surface area contributed by atoms with Crippen LogP contribution in [0.15, 0.2) is 24.3 Å². The van der Waals surface area contributed by atoms with Gasteiger partial charge < -0.3 is 9.80 Å². The van der Waals surface area contributed by atoms with Crippen LogP contribution in [-0.2, 0) is 0 Å². The zero-order valence-corrected chi connectivity index (χ0v) is 20.7. The summed E-state index contributed by atoms with van der Waals surface area (Å²) in [5.41, 5.74) is 2.55. The number of carbonyl (C=O) groups excluding carboxylic acids is 1. The number of carbonyl (C=O) groups is 1. The van der Waals surface area contributed by atoms with Crippen molar-refractivity contribution in [1.29, 1.82) is 0 Å². The molecule has 2 atom stereocenters. The number of fused-ring (bicyclic) bond motifs is 1. The standard InChI is InChI=1S/C25H33F3N6O/c1-16-13-17(2)29-21(14-16)30-24(35)34-18(3)7-5-11-32(4)20-9-10-22(31-23(20)34)33-12-6-8-19(15-33)25(26,27)28/h9-10,13-14,18-19H,5-8,11-12,15H2,1-4H3,(H,29,30,35)/t18-,19?/m0/s1. The largest absolute Gasteiger partial charge is 0.393 e. The fourth-order valence-electron chi connectivity index (χ4n) is 4.99. The van der Waals surface area contributed by atoms with E-state index >= 15 is 0 Å². The Bertz CT molecular complexity index is 1060. The number of piperidine rings is 1. The van der Waals surface area contributed by atoms with E-state index in [0.717, 1.165) is 36.3 Å². The smallest absolute Gasteiger partial charge is 0.372 e. The van der Waals surface area contributed by atoms with Crippen molar-refractivity contribution in [2.45, 2.75) is 58.7 Å². The summed E-state index contributed by atoms with van der Waals surface area (Å²) in [5.74, 6) is -0.0111. The summed E-state index contributed by atoms with van der Waals surface area (Å²) in [4.78, 5) is 28.1. The molecule has 0 saturated carbocycles. The van der Waals surface area contributed by atoms with Gasteiger partial charge in [0.25, 0.3) is 0 Å². The van der Waals surface area contributed by atoms with Crippen molar-refractivity contribution in [3.63, 3.8) is 0 Å². The Labute approximate surface area is 204 Å². The molecule has 1 N–H and O–H groups in total. The molecule has 1 unspecified atom stereocenters. The van der Waals surface area contributed by atoms with Crippen LogP contribution < -0.4 is 20.0 Å². The maximum absolute atomic E-state index is 13.6. The van der Waals surface area contributed by atoms with Crippen molar-refractivity contribution in [1.82, 2.24) is 9.97 Å². The minimum absolute atomic E-state index is 0.126. The molecule has 10 heteroatoms. The van der Waals surface area contributed by atoms with Gasteiger partial charge in [-0.1, -0.05) is 0 Å². The maximum Gasteiger partial charge on any atom is 0.393 e. The lowest BCUT2D eigenvalue weighted by molar-refractivity contribution is -0.176. The number of rotatable bonds is 2. The predicted octanol–water partition coefficient (Wildman–Crippen LogP) is 5.53. The van der Waals surface area contributed by atoms with Gasteiger partial charge in [0.05, 0.1) is 11.6 Å². The molecule has 4 rings (SSSR count). The molecule has 0 spiro atoms. The van der Waals surface area contributed by atoms with E-state index in [9.17, 15) is 18.0 Å². The molecule has 2 amide bonds. The first-order chi connectivity index (χ1) is 16.5. The normalized spacial score (nSPS) is 21.3. The van der Waals surface area contributed by atoms with Gasteiger partial charge in [-0.05, 0) is 76.3 Å². The molecular formula is C25H33F3N6O. The van der Waals surface area contributed by atoms with Crippen LogP contribution in [0.5, 0.6) is 0 Å². The Kier molecular flexibility index (Phi) is 7.10. The third-order valence-corrected chi connectivity index (χ3v) is 6.80. The van der Waals surface area contributed by atoms with Crippen molar-refractivity contribution in [2.24, 2.45) is 5.92 Å². The van der Waals surface area contributed by atoms with Crippen molar-refractivity contribution in [2.75, 3.05) is 46.7 Å². The second-order valence-electron chi connectivity index (χ2n) is 9.72. The van der Waals surface area contributed by atoms with E-state index in [1.807, 2.05) is 50.9 Å². The maximum atomic E-state index is 13.6. The lowest BCUT2D eigenvalue weighted by atomic mass is 9.97. The summed E-state index contributed by atoms with van der Waals surface area (Å²) in [6.45, 7) is 6.95. The van der Waals surface area contributed by atoms with Crippen LogP contribution >= 0.6 is 0 Å². The fraction of sp³-hybridized carbons (Fsp3) is 0.560. The van der Waals surface area contributed by atoms with Gasteiger partial charge in [0.2, 0.25) is 0 Å². The molecule has 190 valence electrons. The van der Waals surface area contributed by atoms with Gasteiger partial charge in [0.15, 0.2) is 5.82 Å². The van der Waals surface area contributed by atoms with E-state index in [0.29, 0.717) is 30.4 Å². The molecule has 2 aliphatic heterocycles. The van der Waals surface area contributed by atoms with Gasteiger partial charge in [0, 0.05) is 38.4 Å². The number of aromatic nitrogens is 2. The molecule has 0 aliphatic carbocycles. The highest BCUT2D eigenvalue weighted by atomic mass is 19.4. The third kappa shape index (κ3) is 5.62. The lowest BCUT2D eigenvalue weighted by Crippen LogP contribution is -2.45. The van der Waals surface area contributed by atoms with E-state index < -0.39 is 12.1 Å². The number of pyridine rings is 2. The average Bonchev–Trinajstić information content (AvgIpc) is 2.77. The Balaban J connectivity index is 1.70. The number of nitrogens with zero attached hydrogens (tertiary/aromatic N) is 5. The summed E-state index contributed by atoms with van der Waals surface area (Å²) in [6.07, 6.45) is -2.00. The summed E-state index contributed by atoms with van der Waals surface area (Å²) in [6, 6.07) is 6.86. The van der Waals surface area contributed by atoms with E-state index in [1.165, 1.54) is 0 Å². The van der Waals surface area contributed by atoms with E-state index in [2.05, 4.69) is 10.3 Å². The minimum Gasteiger partial charge on any atom is -0.372 e. The third-order valence-electron chi connectivity index (χ3n) is 6.80. The number of anilines is 4. The van der Waals surface area contributed by atoms with Crippen LogP contribution in [0.25, 0.3) is 0 Å². The molecule has 4 heterocycles. The second-order valence-corrected chi connectivity index (χ2v) is 9.72. The van der Waals surface area contributed by atoms with Gasteiger partial charge in [-0.3, -0.25) is 10.2 Å². The van der Waals surface area contributed by atoms with Crippen LogP contribution in [0.2, 0.25) is 0 Å². The Hall–Kier alpha value is -3.04. The highest BCUT2D eigenvalue weighted by Gasteiger charge is 2.42. The summed E-state index contributed by atoms with van der Waals surface area (Å²) < 4.78 is 40.2. The number of halogens is 3. The first-order valence-corrected chi connectivity index (χ1v) is 12.1. The zero-order valence-electron chi connectivity index (χ0n) is 20.7. The monoisotopic (exact) mass is 490 g/mol. The van der Waals surface area contributed by atoms with Crippen LogP contribution in [-0.4, -0.2) is 54.9 Å². The van der Waals surface area contributed by atoms with Gasteiger partial charge >= 0.3 is 12.2 Å². The molecule has 0 radical (unpaired) electrons. The molecule has 1 saturated heterocycles. The summed E-state index contributed by atoms with van der Waals surface area (Å²) in [7, 11) is 1.94. The number of hydrogen-bond acceptors (Lipinski definition) is 5. The first-order valence-electron chi connectivity index (χ1n) is 12.1. The van der Waals surface area contributed by atoms with Crippen LogP contribution in [0.3, 0.4) is 0 Å². The van der Waals surface area contributed by atoms with Crippen molar-refractivity contribution < 1.29 is 18.0 Å². The van der Waals surface area contributed by atoms with E-state index in [-0.39, 0.29) is 25.0 Å². The van der Waals surface area contributed by atoms with E-state index in [1.54, 1.807) is 15.9 Å². The first kappa shape index (κ1) is 25.1. The fourth-order valence-corrected chi connectivity index (χ4v) is 4.99. The number of hydrogen-bond donors (Lipinski definition) is 1. The molecule has 35 heavy (non-hydrogen) atoms. The Morgan fingerprint density at radius 1 is 1.09 bits per heavy atom. The SMILES string of the molecule is Cc1cc(C)nc(NC(=O)N2c3nc(N4CCCC(C(F)(F)F)C4)ccc3N(C)CCC[C@@H]2C)c1. The Morgan fingerprint density at radius 3 is 2.54 bits per heavy atom. The molecule has 2 aliphatic rings. The number of alkyl halides is 3. The van der Waals surface area contributed by atoms with Crippen molar-refractivity contribution >= 4 is 29.2 Å². The molecule has 1 fully saturated rings. The van der Waals surface area contributed by atoms with Crippen LogP contribution in [0.4, 0.5) is 41.1 Å².